The Hall–Kier alpha value is -7.23. The highest BCUT2D eigenvalue weighted by Crippen LogP contribution is 2.46. The van der Waals surface area contributed by atoms with Crippen molar-refractivity contribution in [3.8, 4) is 11.5 Å². The molecule has 7 aromatic carbocycles. The number of benzene rings is 7. The van der Waals surface area contributed by atoms with Gasteiger partial charge < -0.3 is 15.9 Å². The molecule has 0 amide bonds. The Bertz CT molecular complexity index is 2780. The quantitative estimate of drug-likeness (QED) is 0.0641. The number of phenolic OH excluding ortho intramolecular Hbond substituents is 2. The van der Waals surface area contributed by atoms with E-state index in [0.29, 0.717) is 39.1 Å². The fourth-order valence-electron chi connectivity index (χ4n) is 5.56. The first-order valence-corrected chi connectivity index (χ1v) is 17.7. The van der Waals surface area contributed by atoms with E-state index in [1.807, 2.05) is 37.3 Å². The van der Waals surface area contributed by atoms with E-state index >= 15 is 0 Å². The van der Waals surface area contributed by atoms with Crippen molar-refractivity contribution >= 4 is 82.8 Å². The van der Waals surface area contributed by atoms with Crippen molar-refractivity contribution < 1.29 is 23.2 Å². The number of anilines is 1. The second kappa shape index (κ2) is 14.8. The molecule has 54 heavy (non-hydrogen) atoms. The number of nitrogen functional groups attached to an aromatic ring is 1. The van der Waals surface area contributed by atoms with Crippen molar-refractivity contribution in [2.75, 3.05) is 5.73 Å². The molecule has 7 rings (SSSR count). The van der Waals surface area contributed by atoms with Gasteiger partial charge in [0.1, 0.15) is 22.0 Å². The number of rotatable bonds is 9. The van der Waals surface area contributed by atoms with Crippen LogP contribution < -0.4 is 5.73 Å². The molecule has 0 spiro atoms. The van der Waals surface area contributed by atoms with Gasteiger partial charge in [0, 0.05) is 5.39 Å². The maximum Gasteiger partial charge on any atom is 0.296 e. The molecule has 0 fully saturated rings. The molecular formula is C39H29N9O5S. The lowest BCUT2D eigenvalue weighted by Gasteiger charge is -2.12. The predicted octanol–water partition coefficient (Wildman–Crippen LogP) is 12.2. The van der Waals surface area contributed by atoms with Crippen molar-refractivity contribution in [3.63, 3.8) is 0 Å². The van der Waals surface area contributed by atoms with E-state index < -0.39 is 26.5 Å². The molecule has 0 unspecified atom stereocenters. The molecule has 0 aliphatic heterocycles. The summed E-state index contributed by atoms with van der Waals surface area (Å²) in [5, 5.41) is 57.4. The molecule has 0 saturated carbocycles. The van der Waals surface area contributed by atoms with Gasteiger partial charge in [-0.05, 0) is 102 Å². The van der Waals surface area contributed by atoms with Crippen LogP contribution in [0.4, 0.5) is 51.2 Å². The third kappa shape index (κ3) is 7.38. The van der Waals surface area contributed by atoms with Gasteiger partial charge in [0.25, 0.3) is 10.1 Å². The highest BCUT2D eigenvalue weighted by Gasteiger charge is 2.24. The topological polar surface area (TPSA) is 220 Å². The molecule has 0 radical (unpaired) electrons. The number of nitrogens with zero attached hydrogens (tertiary/aromatic N) is 8. The number of aryl methyl sites for hydroxylation is 1. The minimum atomic E-state index is -4.81. The number of fused-ring (bicyclic) bond motifs is 2. The first kappa shape index (κ1) is 35.2. The van der Waals surface area contributed by atoms with Gasteiger partial charge in [0.05, 0.1) is 39.5 Å². The molecule has 0 bridgehead atoms. The minimum Gasteiger partial charge on any atom is -0.505 e. The van der Waals surface area contributed by atoms with Crippen LogP contribution in [0.15, 0.2) is 173 Å². The SMILES string of the molecule is Cc1c(N=Nc2ccc3cc(S(=O)(=O)O)c(N=Nc4ccccc4)c(O)c3c2N)ccc2c(O)c(N=Nc3ccc(N=Nc4ccccc4)cc3)ccc12. The summed E-state index contributed by atoms with van der Waals surface area (Å²) in [6.45, 7) is 1.82. The van der Waals surface area contributed by atoms with Crippen LogP contribution in [0, 0.1) is 6.92 Å². The van der Waals surface area contributed by atoms with E-state index in [2.05, 4.69) is 40.9 Å². The Morgan fingerprint density at radius 3 is 1.61 bits per heavy atom. The minimum absolute atomic E-state index is 0.0101. The summed E-state index contributed by atoms with van der Waals surface area (Å²) in [6.07, 6.45) is 0. The Morgan fingerprint density at radius 2 is 1.00 bits per heavy atom. The molecule has 5 N–H and O–H groups in total. The van der Waals surface area contributed by atoms with Gasteiger partial charge in [-0.1, -0.05) is 48.5 Å². The summed E-state index contributed by atoms with van der Waals surface area (Å²) in [7, 11) is -4.81. The van der Waals surface area contributed by atoms with E-state index in [4.69, 9.17) is 5.73 Å². The second-order valence-electron chi connectivity index (χ2n) is 11.9. The molecule has 0 atom stereocenters. The number of aromatic hydroxyl groups is 2. The summed E-state index contributed by atoms with van der Waals surface area (Å²) in [5.41, 5.74) is 9.92. The van der Waals surface area contributed by atoms with Crippen LogP contribution in [0.25, 0.3) is 21.5 Å². The molecule has 7 aromatic rings. The van der Waals surface area contributed by atoms with Crippen molar-refractivity contribution in [2.24, 2.45) is 40.9 Å². The van der Waals surface area contributed by atoms with E-state index in [1.54, 1.807) is 78.9 Å². The fourth-order valence-corrected chi connectivity index (χ4v) is 6.22. The van der Waals surface area contributed by atoms with E-state index in [-0.39, 0.29) is 33.6 Å². The summed E-state index contributed by atoms with van der Waals surface area (Å²) in [5.74, 6) is -0.670. The monoisotopic (exact) mass is 735 g/mol. The van der Waals surface area contributed by atoms with Gasteiger partial charge in [0.2, 0.25) is 0 Å². The van der Waals surface area contributed by atoms with Crippen LogP contribution in [0.3, 0.4) is 0 Å². The third-order valence-electron chi connectivity index (χ3n) is 8.35. The average molecular weight is 736 g/mol. The van der Waals surface area contributed by atoms with Gasteiger partial charge in [-0.2, -0.15) is 34.0 Å². The van der Waals surface area contributed by atoms with Crippen molar-refractivity contribution in [3.05, 3.63) is 133 Å². The lowest BCUT2D eigenvalue weighted by atomic mass is 10.0. The third-order valence-corrected chi connectivity index (χ3v) is 9.22. The fraction of sp³-hybridized carbons (Fsp3) is 0.0256. The van der Waals surface area contributed by atoms with Crippen molar-refractivity contribution in [1.29, 1.82) is 0 Å². The number of azo groups is 4. The normalized spacial score (nSPS) is 12.3. The Kier molecular flexibility index (Phi) is 9.63. The van der Waals surface area contributed by atoms with Crippen molar-refractivity contribution in [1.82, 2.24) is 0 Å². The first-order valence-electron chi connectivity index (χ1n) is 16.2. The van der Waals surface area contributed by atoms with Crippen molar-refractivity contribution in [2.45, 2.75) is 11.8 Å². The lowest BCUT2D eigenvalue weighted by Crippen LogP contribution is -2.00. The van der Waals surface area contributed by atoms with Crippen LogP contribution in [0.5, 0.6) is 11.5 Å². The average Bonchev–Trinajstić information content (AvgIpc) is 3.17. The number of hydrogen-bond acceptors (Lipinski definition) is 13. The molecular weight excluding hydrogens is 707 g/mol. The van der Waals surface area contributed by atoms with Gasteiger partial charge in [-0.3, -0.25) is 4.55 Å². The van der Waals surface area contributed by atoms with Gasteiger partial charge in [-0.25, -0.2) is 0 Å². The number of hydrogen-bond donors (Lipinski definition) is 4. The van der Waals surface area contributed by atoms with Crippen LogP contribution in [0.2, 0.25) is 0 Å². The number of phenols is 2. The maximum atomic E-state index is 12.2. The summed E-state index contributed by atoms with van der Waals surface area (Å²) >= 11 is 0. The smallest absolute Gasteiger partial charge is 0.296 e. The molecule has 266 valence electrons. The Morgan fingerprint density at radius 1 is 0.519 bits per heavy atom. The summed E-state index contributed by atoms with van der Waals surface area (Å²) in [4.78, 5) is -0.641. The zero-order valence-corrected chi connectivity index (χ0v) is 29.2. The zero-order valence-electron chi connectivity index (χ0n) is 28.3. The highest BCUT2D eigenvalue weighted by atomic mass is 32.2. The first-order chi connectivity index (χ1) is 26.1. The maximum absolute atomic E-state index is 12.2. The molecule has 0 aromatic heterocycles. The summed E-state index contributed by atoms with van der Waals surface area (Å²) < 4.78 is 34.4. The molecule has 0 aliphatic rings. The Labute approximate surface area is 308 Å². The Balaban J connectivity index is 1.15. The standard InChI is InChI=1S/C39H29N9O5S/c1-23-29-17-21-33(47-43-28-15-13-27(14-16-28)42-41-25-8-4-2-5-9-25)38(49)30(29)18-20-31(23)45-46-32-19-12-24-22-34(54(51,52)53)37(39(50)35(24)36(32)40)48-44-26-10-6-3-7-11-26/h2-22,49-50H,40H2,1H3,(H,51,52,53). The van der Waals surface area contributed by atoms with E-state index in [1.165, 1.54) is 12.1 Å². The van der Waals surface area contributed by atoms with E-state index in [0.717, 1.165) is 11.8 Å². The van der Waals surface area contributed by atoms with E-state index in [9.17, 15) is 23.2 Å². The highest BCUT2D eigenvalue weighted by molar-refractivity contribution is 7.86. The summed E-state index contributed by atoms with van der Waals surface area (Å²) in [6, 6.07) is 35.8. The molecule has 0 aliphatic carbocycles. The van der Waals surface area contributed by atoms with Crippen LogP contribution in [-0.4, -0.2) is 23.2 Å². The van der Waals surface area contributed by atoms with Gasteiger partial charge >= 0.3 is 0 Å². The molecule has 0 heterocycles. The van der Waals surface area contributed by atoms with Gasteiger partial charge in [-0.15, -0.1) is 15.3 Å². The molecule has 14 nitrogen and oxygen atoms in total. The van der Waals surface area contributed by atoms with Crippen LogP contribution >= 0.6 is 0 Å². The van der Waals surface area contributed by atoms with Gasteiger partial charge in [0.15, 0.2) is 11.5 Å². The largest absolute Gasteiger partial charge is 0.505 e. The number of nitrogens with two attached hydrogens (primary N) is 1. The van der Waals surface area contributed by atoms with Crippen LogP contribution in [-0.2, 0) is 10.1 Å². The molecule has 0 saturated heterocycles. The second-order valence-corrected chi connectivity index (χ2v) is 13.3. The zero-order chi connectivity index (χ0) is 37.8. The van der Waals surface area contributed by atoms with Crippen LogP contribution in [0.1, 0.15) is 5.56 Å². The lowest BCUT2D eigenvalue weighted by molar-refractivity contribution is 0.472. The predicted molar refractivity (Wildman–Crippen MR) is 206 cm³/mol. The molecule has 15 heteroatoms.